The summed E-state index contributed by atoms with van der Waals surface area (Å²) in [6.45, 7) is 0.935. The van der Waals surface area contributed by atoms with Crippen LogP contribution in [-0.4, -0.2) is 59.4 Å². The number of nitriles is 1. The smallest absolute Gasteiger partial charge is 0.265 e. The van der Waals surface area contributed by atoms with E-state index in [1.807, 2.05) is 24.3 Å². The highest BCUT2D eigenvalue weighted by Gasteiger charge is 2.47. The molecule has 1 amide bonds. The van der Waals surface area contributed by atoms with E-state index in [0.29, 0.717) is 55.5 Å². The van der Waals surface area contributed by atoms with Gasteiger partial charge >= 0.3 is 0 Å². The summed E-state index contributed by atoms with van der Waals surface area (Å²) in [4.78, 5) is 28.9. The number of amides is 1. The Morgan fingerprint density at radius 3 is 2.44 bits per heavy atom. The number of benzene rings is 1. The van der Waals surface area contributed by atoms with Gasteiger partial charge in [-0.3, -0.25) is 4.79 Å². The Hall–Kier alpha value is -3.78. The van der Waals surface area contributed by atoms with Crippen molar-refractivity contribution in [1.29, 1.82) is 5.26 Å². The number of nitrogens with zero attached hydrogens (tertiary/aromatic N) is 5. The molecular formula is C28H30N6O4S. The van der Waals surface area contributed by atoms with Gasteiger partial charge in [0.25, 0.3) is 5.89 Å². The predicted octanol–water partition coefficient (Wildman–Crippen LogP) is 3.48. The van der Waals surface area contributed by atoms with Gasteiger partial charge in [-0.1, -0.05) is 25.0 Å². The standard InChI is InChI=1S/C28H30N6O4S/c29-18-28(10-11-28)33-26(35)22-5-2-1-4-21(22)24-23(32-27(38-24)25-30-12-3-13-31-25)19-6-8-20(9-7-19)34-14-16-39(36,37)17-15-34/h3,6-9,12-13,21-22H,1-2,4-5,10-11,14-17H2,(H,33,35). The van der Waals surface area contributed by atoms with Crippen molar-refractivity contribution in [3.05, 3.63) is 48.5 Å². The third kappa shape index (κ3) is 5.26. The Balaban J connectivity index is 1.34. The molecule has 11 heteroatoms. The first-order valence-corrected chi connectivity index (χ1v) is 15.3. The van der Waals surface area contributed by atoms with Gasteiger partial charge in [-0.15, -0.1) is 0 Å². The van der Waals surface area contributed by atoms with Gasteiger partial charge in [0.1, 0.15) is 17.0 Å². The van der Waals surface area contributed by atoms with Gasteiger partial charge in [0.05, 0.1) is 17.6 Å². The molecule has 1 aliphatic heterocycles. The molecule has 2 aromatic heterocycles. The van der Waals surface area contributed by atoms with E-state index in [1.54, 1.807) is 18.5 Å². The molecule has 2 atom stereocenters. The largest absolute Gasteiger partial charge is 0.438 e. The van der Waals surface area contributed by atoms with Crippen LogP contribution >= 0.6 is 0 Å². The lowest BCUT2D eigenvalue weighted by Gasteiger charge is -2.30. The van der Waals surface area contributed by atoms with Gasteiger partial charge in [-0.25, -0.2) is 23.4 Å². The number of aromatic nitrogens is 3. The Morgan fingerprint density at radius 1 is 1.08 bits per heavy atom. The number of hydrogen-bond acceptors (Lipinski definition) is 9. The third-order valence-corrected chi connectivity index (χ3v) is 9.64. The maximum Gasteiger partial charge on any atom is 0.265 e. The van der Waals surface area contributed by atoms with Gasteiger partial charge in [-0.2, -0.15) is 5.26 Å². The van der Waals surface area contributed by atoms with Crippen LogP contribution in [0.3, 0.4) is 0 Å². The lowest BCUT2D eigenvalue weighted by Crippen LogP contribution is -2.42. The van der Waals surface area contributed by atoms with Crippen molar-refractivity contribution in [3.63, 3.8) is 0 Å². The molecule has 3 fully saturated rings. The molecule has 39 heavy (non-hydrogen) atoms. The minimum absolute atomic E-state index is 0.103. The second-order valence-corrected chi connectivity index (χ2v) is 13.0. The molecule has 1 N–H and O–H groups in total. The van der Waals surface area contributed by atoms with Crippen molar-refractivity contribution in [2.75, 3.05) is 29.5 Å². The normalized spacial score (nSPS) is 23.5. The van der Waals surface area contributed by atoms with Crippen LogP contribution in [0.15, 0.2) is 47.1 Å². The molecule has 3 heterocycles. The zero-order valence-corrected chi connectivity index (χ0v) is 22.4. The fourth-order valence-corrected chi connectivity index (χ4v) is 6.77. The Labute approximate surface area is 227 Å². The average Bonchev–Trinajstić information content (AvgIpc) is 3.60. The van der Waals surface area contributed by atoms with E-state index in [4.69, 9.17) is 9.40 Å². The van der Waals surface area contributed by atoms with Crippen LogP contribution in [0.1, 0.15) is 50.2 Å². The van der Waals surface area contributed by atoms with Crippen molar-refractivity contribution < 1.29 is 17.6 Å². The summed E-state index contributed by atoms with van der Waals surface area (Å²) in [6, 6.07) is 11.8. The lowest BCUT2D eigenvalue weighted by atomic mass is 9.76. The van der Waals surface area contributed by atoms with Crippen molar-refractivity contribution in [1.82, 2.24) is 20.3 Å². The summed E-state index contributed by atoms with van der Waals surface area (Å²) in [6.07, 6.45) is 8.02. The average molecular weight is 547 g/mol. The second kappa shape index (κ2) is 10.1. The lowest BCUT2D eigenvalue weighted by molar-refractivity contribution is -0.127. The number of hydrogen-bond donors (Lipinski definition) is 1. The minimum Gasteiger partial charge on any atom is -0.438 e. The molecule has 6 rings (SSSR count). The van der Waals surface area contributed by atoms with E-state index in [9.17, 15) is 18.5 Å². The van der Waals surface area contributed by atoms with E-state index < -0.39 is 15.4 Å². The number of rotatable bonds is 6. The highest BCUT2D eigenvalue weighted by molar-refractivity contribution is 7.91. The molecular weight excluding hydrogens is 516 g/mol. The highest BCUT2D eigenvalue weighted by atomic mass is 32.2. The first-order valence-electron chi connectivity index (χ1n) is 13.4. The fraction of sp³-hybridized carbons (Fsp3) is 0.464. The molecule has 0 bridgehead atoms. The van der Waals surface area contributed by atoms with Crippen LogP contribution in [0, 0.1) is 17.2 Å². The van der Waals surface area contributed by atoms with Crippen molar-refractivity contribution in [3.8, 4) is 29.0 Å². The molecule has 0 radical (unpaired) electrons. The molecule has 202 valence electrons. The molecule has 1 saturated heterocycles. The zero-order valence-electron chi connectivity index (χ0n) is 21.5. The summed E-state index contributed by atoms with van der Waals surface area (Å²) >= 11 is 0. The number of oxazole rings is 1. The number of sulfone groups is 1. The van der Waals surface area contributed by atoms with Crippen LogP contribution in [0.25, 0.3) is 23.0 Å². The SMILES string of the molecule is N#CC1(NC(=O)C2CCCCC2c2oc(-c3ncccn3)nc2-c2ccc(N3CCS(=O)(=O)CC3)cc2)CC1. The van der Waals surface area contributed by atoms with Gasteiger partial charge < -0.3 is 14.6 Å². The number of anilines is 1. The third-order valence-electron chi connectivity index (χ3n) is 8.03. The molecule has 10 nitrogen and oxygen atoms in total. The van der Waals surface area contributed by atoms with Gasteiger partial charge in [0.15, 0.2) is 9.84 Å². The van der Waals surface area contributed by atoms with Crippen LogP contribution in [0.4, 0.5) is 5.69 Å². The maximum absolute atomic E-state index is 13.4. The van der Waals surface area contributed by atoms with Crippen molar-refractivity contribution in [2.45, 2.75) is 50.0 Å². The van der Waals surface area contributed by atoms with E-state index in [0.717, 1.165) is 30.5 Å². The Morgan fingerprint density at radius 2 is 1.77 bits per heavy atom. The first kappa shape index (κ1) is 25.5. The van der Waals surface area contributed by atoms with Crippen LogP contribution in [-0.2, 0) is 14.6 Å². The first-order chi connectivity index (χ1) is 18.9. The summed E-state index contributed by atoms with van der Waals surface area (Å²) in [5.41, 5.74) is 1.71. The quantitative estimate of drug-likeness (QED) is 0.492. The number of nitrogens with one attached hydrogen (secondary N) is 1. The molecule has 1 aromatic carbocycles. The van der Waals surface area contributed by atoms with Gasteiger partial charge in [-0.05, 0) is 43.9 Å². The van der Waals surface area contributed by atoms with Crippen LogP contribution in [0.2, 0.25) is 0 Å². The van der Waals surface area contributed by atoms with E-state index in [1.165, 1.54) is 0 Å². The second-order valence-electron chi connectivity index (χ2n) is 10.7. The maximum atomic E-state index is 13.4. The number of carbonyl (C=O) groups excluding carboxylic acids is 1. The summed E-state index contributed by atoms with van der Waals surface area (Å²) in [5, 5.41) is 12.5. The van der Waals surface area contributed by atoms with Crippen LogP contribution < -0.4 is 10.2 Å². The van der Waals surface area contributed by atoms with Gasteiger partial charge in [0, 0.05) is 48.6 Å². The minimum atomic E-state index is -2.96. The Kier molecular flexibility index (Phi) is 6.59. The monoisotopic (exact) mass is 546 g/mol. The highest BCUT2D eigenvalue weighted by Crippen LogP contribution is 2.44. The molecule has 2 saturated carbocycles. The summed E-state index contributed by atoms with van der Waals surface area (Å²) < 4.78 is 30.0. The van der Waals surface area contributed by atoms with E-state index in [2.05, 4.69) is 26.3 Å². The van der Waals surface area contributed by atoms with Crippen LogP contribution in [0.5, 0.6) is 0 Å². The molecule has 3 aliphatic rings. The predicted molar refractivity (Wildman–Crippen MR) is 144 cm³/mol. The van der Waals surface area contributed by atoms with Crippen molar-refractivity contribution >= 4 is 21.4 Å². The topological polar surface area (TPSA) is 142 Å². The molecule has 2 aliphatic carbocycles. The van der Waals surface area contributed by atoms with E-state index >= 15 is 0 Å². The Bertz CT molecular complexity index is 1500. The fourth-order valence-electron chi connectivity index (χ4n) is 5.57. The molecule has 0 spiro atoms. The molecule has 2 unspecified atom stereocenters. The van der Waals surface area contributed by atoms with E-state index in [-0.39, 0.29) is 29.2 Å². The van der Waals surface area contributed by atoms with Crippen molar-refractivity contribution in [2.24, 2.45) is 5.92 Å². The van der Waals surface area contributed by atoms with Gasteiger partial charge in [0.2, 0.25) is 11.7 Å². The zero-order chi connectivity index (χ0) is 27.0. The summed E-state index contributed by atoms with van der Waals surface area (Å²) in [5.74, 6) is 0.989. The molecule has 3 aromatic rings. The summed E-state index contributed by atoms with van der Waals surface area (Å²) in [7, 11) is -2.96. The number of carbonyl (C=O) groups is 1.